The molecule has 4 nitrogen and oxygen atoms in total. The molecule has 1 aromatic carbocycles. The number of hydrogen-bond donors (Lipinski definition) is 2. The van der Waals surface area contributed by atoms with Crippen LogP contribution in [0.25, 0.3) is 6.08 Å². The van der Waals surface area contributed by atoms with Crippen molar-refractivity contribution in [3.63, 3.8) is 0 Å². The van der Waals surface area contributed by atoms with Crippen LogP contribution in [0.5, 0.6) is 0 Å². The van der Waals surface area contributed by atoms with Crippen molar-refractivity contribution in [2.24, 2.45) is 5.92 Å². The number of rotatable bonds is 1. The van der Waals surface area contributed by atoms with E-state index in [0.29, 0.717) is 18.8 Å². The number of hydrogen-bond acceptors (Lipinski definition) is 4. The normalized spacial score (nSPS) is 33.2. The van der Waals surface area contributed by atoms with Gasteiger partial charge in [-0.05, 0) is 11.6 Å². The molecule has 3 fully saturated rings. The smallest absolute Gasteiger partial charge is 0.187 e. The number of aliphatic hydroxyl groups is 2. The van der Waals surface area contributed by atoms with E-state index in [1.165, 1.54) is 0 Å². The minimum atomic E-state index is -0.755. The van der Waals surface area contributed by atoms with Crippen molar-refractivity contribution in [2.45, 2.75) is 12.2 Å². The van der Waals surface area contributed by atoms with Gasteiger partial charge in [0.05, 0.1) is 23.8 Å². The van der Waals surface area contributed by atoms with Gasteiger partial charge in [-0.2, -0.15) is 0 Å². The highest BCUT2D eigenvalue weighted by molar-refractivity contribution is 6.02. The fourth-order valence-electron chi connectivity index (χ4n) is 2.75. The summed E-state index contributed by atoms with van der Waals surface area (Å²) in [5, 5.41) is 19.5. The van der Waals surface area contributed by atoms with Crippen molar-refractivity contribution in [1.82, 2.24) is 4.90 Å². The number of piperidine rings is 3. The number of aliphatic hydroxyl groups excluding tert-OH is 2. The van der Waals surface area contributed by atoms with Crippen molar-refractivity contribution in [2.75, 3.05) is 13.1 Å². The van der Waals surface area contributed by atoms with Crippen LogP contribution in [-0.2, 0) is 4.79 Å². The van der Waals surface area contributed by atoms with Crippen LogP contribution in [0.2, 0.25) is 0 Å². The third-order valence-corrected chi connectivity index (χ3v) is 3.64. The average Bonchev–Trinajstić information content (AvgIpc) is 2.34. The Hall–Kier alpha value is -1.65. The molecule has 3 heterocycles. The van der Waals surface area contributed by atoms with Crippen LogP contribution in [0.15, 0.2) is 36.0 Å². The van der Waals surface area contributed by atoms with Crippen molar-refractivity contribution in [3.8, 4) is 0 Å². The van der Waals surface area contributed by atoms with Gasteiger partial charge >= 0.3 is 0 Å². The topological polar surface area (TPSA) is 60.8 Å². The summed E-state index contributed by atoms with van der Waals surface area (Å²) in [7, 11) is 0. The molecule has 94 valence electrons. The van der Waals surface area contributed by atoms with Gasteiger partial charge in [0.15, 0.2) is 5.78 Å². The molecule has 0 saturated carbocycles. The van der Waals surface area contributed by atoms with Crippen molar-refractivity contribution in [3.05, 3.63) is 41.6 Å². The van der Waals surface area contributed by atoms with E-state index in [9.17, 15) is 15.0 Å². The zero-order valence-corrected chi connectivity index (χ0v) is 9.86. The molecule has 1 unspecified atom stereocenters. The molecule has 0 spiro atoms. The quantitative estimate of drug-likeness (QED) is 0.697. The number of nitrogens with zero attached hydrogens (tertiary/aromatic N) is 1. The lowest BCUT2D eigenvalue weighted by atomic mass is 9.80. The van der Waals surface area contributed by atoms with E-state index in [4.69, 9.17) is 0 Å². The van der Waals surface area contributed by atoms with Gasteiger partial charge in [-0.3, -0.25) is 4.79 Å². The third kappa shape index (κ3) is 1.74. The first-order chi connectivity index (χ1) is 8.66. The number of carbonyl (C=O) groups excluding carboxylic acids is 1. The van der Waals surface area contributed by atoms with Crippen LogP contribution in [0.3, 0.4) is 0 Å². The Bertz CT molecular complexity index is 485. The standard InChI is InChI=1S/C14H15NO3/c16-11-7-15-8-12(17)13(11)14(18)10(15)6-9-4-2-1-3-5-9/h1-6,11-13,16-17H,7-8H2/b10-6-/t11-,12+,13?. The molecular weight excluding hydrogens is 230 g/mol. The number of allylic oxidation sites excluding steroid dienone is 1. The van der Waals surface area contributed by atoms with Crippen molar-refractivity contribution < 1.29 is 15.0 Å². The lowest BCUT2D eigenvalue weighted by molar-refractivity contribution is -0.144. The summed E-state index contributed by atoms with van der Waals surface area (Å²) in [4.78, 5) is 14.0. The molecule has 2 bridgehead atoms. The van der Waals surface area contributed by atoms with Crippen molar-refractivity contribution in [1.29, 1.82) is 0 Å². The molecular formula is C14H15NO3. The fourth-order valence-corrected chi connectivity index (χ4v) is 2.75. The van der Waals surface area contributed by atoms with Crippen molar-refractivity contribution >= 4 is 11.9 Å². The van der Waals surface area contributed by atoms with Crippen LogP contribution in [-0.4, -0.2) is 46.2 Å². The lowest BCUT2D eigenvalue weighted by Gasteiger charge is -2.46. The van der Waals surface area contributed by atoms with Gasteiger partial charge in [0, 0.05) is 13.1 Å². The molecule has 3 aliphatic rings. The molecule has 0 radical (unpaired) electrons. The summed E-state index contributed by atoms with van der Waals surface area (Å²) in [6, 6.07) is 9.60. The molecule has 4 heteroatoms. The number of carbonyl (C=O) groups is 1. The Morgan fingerprint density at radius 1 is 1.11 bits per heavy atom. The first kappa shape index (κ1) is 11.4. The molecule has 3 aliphatic heterocycles. The number of Topliss-reactive ketones (excluding diaryl/α,β-unsaturated/α-hetero) is 1. The molecule has 0 aliphatic carbocycles. The predicted molar refractivity (Wildman–Crippen MR) is 66.5 cm³/mol. The highest BCUT2D eigenvalue weighted by Crippen LogP contribution is 2.33. The van der Waals surface area contributed by atoms with Gasteiger partial charge in [-0.1, -0.05) is 30.3 Å². The molecule has 0 amide bonds. The van der Waals surface area contributed by atoms with E-state index in [1.807, 2.05) is 36.4 Å². The van der Waals surface area contributed by atoms with Gasteiger partial charge in [0.1, 0.15) is 0 Å². The minimum Gasteiger partial charge on any atom is -0.390 e. The Morgan fingerprint density at radius 2 is 1.72 bits per heavy atom. The molecule has 0 aromatic heterocycles. The summed E-state index contributed by atoms with van der Waals surface area (Å²) in [5.74, 6) is -0.818. The number of ketones is 1. The van der Waals surface area contributed by atoms with E-state index in [2.05, 4.69) is 0 Å². The molecule has 3 saturated heterocycles. The summed E-state index contributed by atoms with van der Waals surface area (Å²) in [6.07, 6.45) is 0.316. The SMILES string of the molecule is O=C1/C(=C/c2ccccc2)N2C[C@@H](O)C1[C@@H](O)C2. The number of fused-ring (bicyclic) bond motifs is 3. The summed E-state index contributed by atoms with van der Waals surface area (Å²) in [6.45, 7) is 0.846. The Morgan fingerprint density at radius 3 is 2.28 bits per heavy atom. The van der Waals surface area contributed by atoms with Crippen LogP contribution in [0, 0.1) is 5.92 Å². The largest absolute Gasteiger partial charge is 0.390 e. The van der Waals surface area contributed by atoms with E-state index in [0.717, 1.165) is 5.56 Å². The molecule has 2 N–H and O–H groups in total. The van der Waals surface area contributed by atoms with Crippen LogP contribution < -0.4 is 0 Å². The third-order valence-electron chi connectivity index (χ3n) is 3.64. The Balaban J connectivity index is 1.96. The van der Waals surface area contributed by atoms with E-state index in [-0.39, 0.29) is 5.78 Å². The second kappa shape index (κ2) is 4.23. The maximum absolute atomic E-state index is 12.2. The summed E-state index contributed by atoms with van der Waals surface area (Å²) < 4.78 is 0. The van der Waals surface area contributed by atoms with Crippen LogP contribution >= 0.6 is 0 Å². The van der Waals surface area contributed by atoms with Gasteiger partial charge in [0.2, 0.25) is 0 Å². The second-order valence-electron chi connectivity index (χ2n) is 4.87. The van der Waals surface area contributed by atoms with E-state index in [1.54, 1.807) is 4.90 Å². The Kier molecular flexibility index (Phi) is 2.69. The van der Waals surface area contributed by atoms with E-state index >= 15 is 0 Å². The van der Waals surface area contributed by atoms with Gasteiger partial charge < -0.3 is 15.1 Å². The maximum Gasteiger partial charge on any atom is 0.187 e. The first-order valence-electron chi connectivity index (χ1n) is 6.09. The zero-order valence-electron chi connectivity index (χ0n) is 9.86. The summed E-state index contributed by atoms with van der Waals surface area (Å²) in [5.41, 5.74) is 1.55. The highest BCUT2D eigenvalue weighted by atomic mass is 16.3. The highest BCUT2D eigenvalue weighted by Gasteiger charge is 2.47. The van der Waals surface area contributed by atoms with Gasteiger partial charge in [0.25, 0.3) is 0 Å². The first-order valence-corrected chi connectivity index (χ1v) is 6.09. The minimum absolute atomic E-state index is 0.156. The van der Waals surface area contributed by atoms with E-state index < -0.39 is 18.1 Å². The summed E-state index contributed by atoms with van der Waals surface area (Å²) >= 11 is 0. The average molecular weight is 245 g/mol. The molecule has 4 rings (SSSR count). The molecule has 18 heavy (non-hydrogen) atoms. The van der Waals surface area contributed by atoms with Crippen LogP contribution in [0.1, 0.15) is 5.56 Å². The fraction of sp³-hybridized carbons (Fsp3) is 0.357. The van der Waals surface area contributed by atoms with Gasteiger partial charge in [-0.15, -0.1) is 0 Å². The Labute approximate surface area is 105 Å². The number of benzene rings is 1. The van der Waals surface area contributed by atoms with Crippen LogP contribution in [0.4, 0.5) is 0 Å². The second-order valence-corrected chi connectivity index (χ2v) is 4.87. The maximum atomic E-state index is 12.2. The van der Waals surface area contributed by atoms with Gasteiger partial charge in [-0.25, -0.2) is 0 Å². The zero-order chi connectivity index (χ0) is 12.7. The lowest BCUT2D eigenvalue weighted by Crippen LogP contribution is -2.61. The monoisotopic (exact) mass is 245 g/mol. The molecule has 1 aromatic rings. The predicted octanol–water partition coefficient (Wildman–Crippen LogP) is 0.264. The molecule has 3 atom stereocenters.